The summed E-state index contributed by atoms with van der Waals surface area (Å²) in [4.78, 5) is 26.4. The molecule has 1 saturated heterocycles. The van der Waals surface area contributed by atoms with Crippen LogP contribution in [0.5, 0.6) is 11.5 Å². The van der Waals surface area contributed by atoms with E-state index < -0.39 is 17.0 Å². The number of rotatable bonds is 7. The van der Waals surface area contributed by atoms with Gasteiger partial charge in [-0.2, -0.15) is 0 Å². The summed E-state index contributed by atoms with van der Waals surface area (Å²) in [6.45, 7) is 4.40. The molecular formula is C21H18BrClFNO4S. The largest absolute Gasteiger partial charge is 0.490 e. The van der Waals surface area contributed by atoms with E-state index in [2.05, 4.69) is 15.9 Å². The van der Waals surface area contributed by atoms with Crippen molar-refractivity contribution in [2.45, 2.75) is 20.4 Å². The first-order chi connectivity index (χ1) is 14.3. The van der Waals surface area contributed by atoms with Crippen molar-refractivity contribution in [3.63, 3.8) is 0 Å². The highest BCUT2D eigenvalue weighted by molar-refractivity contribution is 9.10. The molecule has 3 rings (SSSR count). The molecule has 1 fully saturated rings. The van der Waals surface area contributed by atoms with E-state index in [-0.39, 0.29) is 22.0 Å². The van der Waals surface area contributed by atoms with Crippen LogP contribution in [0, 0.1) is 5.82 Å². The lowest BCUT2D eigenvalue weighted by molar-refractivity contribution is -0.123. The third-order valence-electron chi connectivity index (χ3n) is 4.17. The molecule has 0 aromatic heterocycles. The molecule has 0 aliphatic carbocycles. The van der Waals surface area contributed by atoms with E-state index >= 15 is 0 Å². The minimum Gasteiger partial charge on any atom is -0.490 e. The van der Waals surface area contributed by atoms with Crippen LogP contribution in [0.1, 0.15) is 25.0 Å². The average Bonchev–Trinajstić information content (AvgIpc) is 2.94. The lowest BCUT2D eigenvalue weighted by Crippen LogP contribution is -2.28. The molecule has 0 unspecified atom stereocenters. The van der Waals surface area contributed by atoms with Gasteiger partial charge in [0.25, 0.3) is 11.1 Å². The standard InChI is InChI=1S/C21H18BrClFNO4S/c1-3-28-17-9-12(8-14(22)19(17)29-4-2)10-18-20(26)25(21(27)30-18)11-13-15(23)6-5-7-16(13)24/h5-10H,3-4,11H2,1-2H3/b18-10-. The second-order valence-electron chi connectivity index (χ2n) is 6.16. The van der Waals surface area contributed by atoms with Crippen molar-refractivity contribution in [1.29, 1.82) is 0 Å². The third-order valence-corrected chi connectivity index (χ3v) is 6.02. The normalized spacial score (nSPS) is 15.2. The lowest BCUT2D eigenvalue weighted by Gasteiger charge is -2.14. The number of amides is 2. The zero-order valence-corrected chi connectivity index (χ0v) is 19.4. The Morgan fingerprint density at radius 3 is 2.60 bits per heavy atom. The zero-order valence-electron chi connectivity index (χ0n) is 16.2. The van der Waals surface area contributed by atoms with Gasteiger partial charge in [-0.1, -0.05) is 17.7 Å². The van der Waals surface area contributed by atoms with E-state index in [0.717, 1.165) is 16.7 Å². The summed E-state index contributed by atoms with van der Waals surface area (Å²) < 4.78 is 26.0. The van der Waals surface area contributed by atoms with Crippen LogP contribution in [-0.2, 0) is 11.3 Å². The number of thioether (sulfide) groups is 1. The van der Waals surface area contributed by atoms with Crippen LogP contribution in [0.3, 0.4) is 0 Å². The molecule has 5 nitrogen and oxygen atoms in total. The molecule has 2 aromatic carbocycles. The number of carbonyl (C=O) groups excluding carboxylic acids is 2. The molecule has 1 aliphatic heterocycles. The first-order valence-corrected chi connectivity index (χ1v) is 11.1. The van der Waals surface area contributed by atoms with Crippen LogP contribution in [0.15, 0.2) is 39.7 Å². The fraction of sp³-hybridized carbons (Fsp3) is 0.238. The van der Waals surface area contributed by atoms with Gasteiger partial charge in [-0.3, -0.25) is 14.5 Å². The number of benzene rings is 2. The summed E-state index contributed by atoms with van der Waals surface area (Å²) in [6.07, 6.45) is 1.59. The molecular weight excluding hydrogens is 497 g/mol. The summed E-state index contributed by atoms with van der Waals surface area (Å²) in [5.74, 6) is 0.0192. The Labute approximate surface area is 191 Å². The predicted octanol–water partition coefficient (Wildman–Crippen LogP) is 6.28. The smallest absolute Gasteiger partial charge is 0.293 e. The number of hydrogen-bond acceptors (Lipinski definition) is 5. The predicted molar refractivity (Wildman–Crippen MR) is 119 cm³/mol. The number of carbonyl (C=O) groups is 2. The van der Waals surface area contributed by atoms with Gasteiger partial charge in [0.05, 0.1) is 29.1 Å². The minimum atomic E-state index is -0.567. The number of nitrogens with zero attached hydrogens (tertiary/aromatic N) is 1. The van der Waals surface area contributed by atoms with Crippen molar-refractivity contribution in [2.75, 3.05) is 13.2 Å². The highest BCUT2D eigenvalue weighted by Gasteiger charge is 2.36. The lowest BCUT2D eigenvalue weighted by atomic mass is 10.1. The molecule has 0 spiro atoms. The third kappa shape index (κ3) is 4.82. The minimum absolute atomic E-state index is 0.102. The van der Waals surface area contributed by atoms with Gasteiger partial charge in [-0.25, -0.2) is 4.39 Å². The Morgan fingerprint density at radius 1 is 1.20 bits per heavy atom. The summed E-state index contributed by atoms with van der Waals surface area (Å²) >= 11 is 10.3. The summed E-state index contributed by atoms with van der Waals surface area (Å²) in [6, 6.07) is 7.73. The van der Waals surface area contributed by atoms with Gasteiger partial charge in [-0.05, 0) is 77.4 Å². The molecule has 30 heavy (non-hydrogen) atoms. The highest BCUT2D eigenvalue weighted by Crippen LogP contribution is 2.39. The molecule has 0 N–H and O–H groups in total. The summed E-state index contributed by atoms with van der Waals surface area (Å²) in [5.41, 5.74) is 0.758. The molecule has 1 heterocycles. The molecule has 158 valence electrons. The second kappa shape index (κ2) is 9.85. The fourth-order valence-corrected chi connectivity index (χ4v) is 4.48. The Balaban J connectivity index is 1.90. The van der Waals surface area contributed by atoms with Crippen LogP contribution < -0.4 is 9.47 Å². The number of imide groups is 1. The van der Waals surface area contributed by atoms with Gasteiger partial charge in [0, 0.05) is 10.6 Å². The van der Waals surface area contributed by atoms with E-state index in [0.29, 0.717) is 34.7 Å². The molecule has 2 amide bonds. The van der Waals surface area contributed by atoms with Crippen LogP contribution in [0.4, 0.5) is 9.18 Å². The molecule has 0 radical (unpaired) electrons. The van der Waals surface area contributed by atoms with Crippen LogP contribution in [-0.4, -0.2) is 29.3 Å². The fourth-order valence-electron chi connectivity index (χ4n) is 2.85. The van der Waals surface area contributed by atoms with Crippen molar-refractivity contribution in [2.24, 2.45) is 0 Å². The monoisotopic (exact) mass is 513 g/mol. The molecule has 0 bridgehead atoms. The SMILES string of the molecule is CCOc1cc(/C=C2\SC(=O)N(Cc3c(F)cccc3Cl)C2=O)cc(Br)c1OCC. The maximum absolute atomic E-state index is 14.1. The first-order valence-electron chi connectivity index (χ1n) is 9.13. The van der Waals surface area contributed by atoms with Crippen molar-refractivity contribution >= 4 is 56.5 Å². The van der Waals surface area contributed by atoms with Gasteiger partial charge in [0.15, 0.2) is 11.5 Å². The van der Waals surface area contributed by atoms with Crippen molar-refractivity contribution < 1.29 is 23.5 Å². The van der Waals surface area contributed by atoms with Crippen LogP contribution in [0.2, 0.25) is 5.02 Å². The maximum Gasteiger partial charge on any atom is 0.293 e. The maximum atomic E-state index is 14.1. The molecule has 2 aromatic rings. The number of hydrogen-bond donors (Lipinski definition) is 0. The van der Waals surface area contributed by atoms with Gasteiger partial charge in [-0.15, -0.1) is 0 Å². The Hall–Kier alpha value is -2.03. The van der Waals surface area contributed by atoms with Crippen LogP contribution >= 0.6 is 39.3 Å². The van der Waals surface area contributed by atoms with E-state index in [4.69, 9.17) is 21.1 Å². The summed E-state index contributed by atoms with van der Waals surface area (Å²) in [7, 11) is 0. The van der Waals surface area contributed by atoms with Gasteiger partial charge in [0.2, 0.25) is 0 Å². The van der Waals surface area contributed by atoms with Gasteiger partial charge in [0.1, 0.15) is 5.82 Å². The molecule has 0 atom stereocenters. The van der Waals surface area contributed by atoms with Crippen molar-refractivity contribution in [3.05, 3.63) is 61.7 Å². The molecule has 1 aliphatic rings. The van der Waals surface area contributed by atoms with E-state index in [1.807, 2.05) is 13.8 Å². The number of halogens is 3. The van der Waals surface area contributed by atoms with Gasteiger partial charge < -0.3 is 9.47 Å². The van der Waals surface area contributed by atoms with E-state index in [1.165, 1.54) is 18.2 Å². The van der Waals surface area contributed by atoms with Crippen molar-refractivity contribution in [1.82, 2.24) is 4.90 Å². The quantitative estimate of drug-likeness (QED) is 0.407. The molecule has 9 heteroatoms. The Morgan fingerprint density at radius 2 is 1.93 bits per heavy atom. The number of ether oxygens (including phenoxy) is 2. The Bertz CT molecular complexity index is 1010. The average molecular weight is 515 g/mol. The van der Waals surface area contributed by atoms with E-state index in [1.54, 1.807) is 18.2 Å². The first kappa shape index (κ1) is 22.7. The zero-order chi connectivity index (χ0) is 21.8. The topological polar surface area (TPSA) is 55.8 Å². The van der Waals surface area contributed by atoms with Crippen LogP contribution in [0.25, 0.3) is 6.08 Å². The van der Waals surface area contributed by atoms with Gasteiger partial charge >= 0.3 is 0 Å². The highest BCUT2D eigenvalue weighted by atomic mass is 79.9. The second-order valence-corrected chi connectivity index (χ2v) is 8.42. The van der Waals surface area contributed by atoms with Crippen molar-refractivity contribution in [3.8, 4) is 11.5 Å². The molecule has 0 saturated carbocycles. The van der Waals surface area contributed by atoms with E-state index in [9.17, 15) is 14.0 Å². The Kier molecular flexibility index (Phi) is 7.44. The summed E-state index contributed by atoms with van der Waals surface area (Å²) in [5, 5.41) is -0.324.